The van der Waals surface area contributed by atoms with E-state index in [0.29, 0.717) is 5.69 Å². The summed E-state index contributed by atoms with van der Waals surface area (Å²) >= 11 is 0. The monoisotopic (exact) mass is 244 g/mol. The standard InChI is InChI=1S/C14H20N4/c1-3-4-12-5-7-18(8-6-12)14-16-11(2)9-13(10-15)17-14/h9,12H,3-8H2,1-2H3. The smallest absolute Gasteiger partial charge is 0.226 e. The van der Waals surface area contributed by atoms with Crippen LogP contribution >= 0.6 is 0 Å². The lowest BCUT2D eigenvalue weighted by Crippen LogP contribution is -2.35. The van der Waals surface area contributed by atoms with Crippen molar-refractivity contribution < 1.29 is 0 Å². The summed E-state index contributed by atoms with van der Waals surface area (Å²) in [6, 6.07) is 3.83. The summed E-state index contributed by atoms with van der Waals surface area (Å²) in [4.78, 5) is 10.9. The average Bonchev–Trinajstić information content (AvgIpc) is 2.39. The normalized spacial score (nSPS) is 16.6. The molecule has 1 aliphatic heterocycles. The van der Waals surface area contributed by atoms with Gasteiger partial charge in [-0.2, -0.15) is 5.26 Å². The fraction of sp³-hybridized carbons (Fsp3) is 0.643. The molecule has 1 aliphatic rings. The van der Waals surface area contributed by atoms with Crippen molar-refractivity contribution in [3.8, 4) is 6.07 Å². The zero-order chi connectivity index (χ0) is 13.0. The van der Waals surface area contributed by atoms with Crippen molar-refractivity contribution in [3.05, 3.63) is 17.5 Å². The Morgan fingerprint density at radius 1 is 1.39 bits per heavy atom. The second-order valence-electron chi connectivity index (χ2n) is 5.03. The Bertz CT molecular complexity index is 442. The van der Waals surface area contributed by atoms with Crippen molar-refractivity contribution in [1.29, 1.82) is 5.26 Å². The van der Waals surface area contributed by atoms with Crippen LogP contribution in [-0.4, -0.2) is 23.1 Å². The minimum absolute atomic E-state index is 0.466. The van der Waals surface area contributed by atoms with Gasteiger partial charge in [0.1, 0.15) is 11.8 Å². The zero-order valence-corrected chi connectivity index (χ0v) is 11.2. The number of aromatic nitrogens is 2. The topological polar surface area (TPSA) is 52.8 Å². The summed E-state index contributed by atoms with van der Waals surface area (Å²) in [6.45, 7) is 6.18. The molecule has 1 aromatic heterocycles. The van der Waals surface area contributed by atoms with Gasteiger partial charge in [0.2, 0.25) is 5.95 Å². The highest BCUT2D eigenvalue weighted by Gasteiger charge is 2.20. The second-order valence-corrected chi connectivity index (χ2v) is 5.03. The van der Waals surface area contributed by atoms with Gasteiger partial charge in [0.25, 0.3) is 0 Å². The number of nitrogens with zero attached hydrogens (tertiary/aromatic N) is 4. The van der Waals surface area contributed by atoms with Gasteiger partial charge in [0.15, 0.2) is 0 Å². The van der Waals surface area contributed by atoms with Gasteiger partial charge in [-0.15, -0.1) is 0 Å². The minimum Gasteiger partial charge on any atom is -0.341 e. The first kappa shape index (κ1) is 12.8. The molecule has 2 heterocycles. The highest BCUT2D eigenvalue weighted by molar-refractivity contribution is 5.36. The molecule has 0 radical (unpaired) electrons. The summed E-state index contributed by atoms with van der Waals surface area (Å²) in [5.74, 6) is 1.58. The molecule has 0 spiro atoms. The highest BCUT2D eigenvalue weighted by atomic mass is 15.3. The number of piperidine rings is 1. The number of rotatable bonds is 3. The van der Waals surface area contributed by atoms with Crippen LogP contribution in [0.3, 0.4) is 0 Å². The van der Waals surface area contributed by atoms with Crippen molar-refractivity contribution in [3.63, 3.8) is 0 Å². The Morgan fingerprint density at radius 3 is 2.72 bits per heavy atom. The van der Waals surface area contributed by atoms with Gasteiger partial charge in [0, 0.05) is 18.8 Å². The molecular formula is C14H20N4. The van der Waals surface area contributed by atoms with Crippen molar-refractivity contribution in [2.45, 2.75) is 39.5 Å². The molecule has 0 amide bonds. The second kappa shape index (κ2) is 5.81. The van der Waals surface area contributed by atoms with E-state index in [4.69, 9.17) is 5.26 Å². The number of anilines is 1. The van der Waals surface area contributed by atoms with Crippen molar-refractivity contribution in [1.82, 2.24) is 9.97 Å². The third kappa shape index (κ3) is 2.98. The fourth-order valence-electron chi connectivity index (χ4n) is 2.58. The molecule has 1 aromatic rings. The maximum absolute atomic E-state index is 8.94. The molecule has 4 nitrogen and oxygen atoms in total. The first-order valence-electron chi connectivity index (χ1n) is 6.73. The van der Waals surface area contributed by atoms with Crippen LogP contribution in [0.1, 0.15) is 44.0 Å². The van der Waals surface area contributed by atoms with E-state index < -0.39 is 0 Å². The molecule has 1 fully saturated rings. The van der Waals surface area contributed by atoms with Gasteiger partial charge in [-0.25, -0.2) is 9.97 Å². The Labute approximate surface area is 109 Å². The Balaban J connectivity index is 2.05. The average molecular weight is 244 g/mol. The zero-order valence-electron chi connectivity index (χ0n) is 11.2. The summed E-state index contributed by atoms with van der Waals surface area (Å²) in [6.07, 6.45) is 5.02. The molecule has 96 valence electrons. The van der Waals surface area contributed by atoms with Crippen LogP contribution < -0.4 is 4.90 Å². The molecule has 0 N–H and O–H groups in total. The van der Waals surface area contributed by atoms with E-state index in [9.17, 15) is 0 Å². The Hall–Kier alpha value is -1.63. The quantitative estimate of drug-likeness (QED) is 0.820. The van der Waals surface area contributed by atoms with Crippen molar-refractivity contribution >= 4 is 5.95 Å². The van der Waals surface area contributed by atoms with Crippen molar-refractivity contribution in [2.24, 2.45) is 5.92 Å². The van der Waals surface area contributed by atoms with Crippen LogP contribution in [-0.2, 0) is 0 Å². The van der Waals surface area contributed by atoms with Crippen LogP contribution in [0.2, 0.25) is 0 Å². The van der Waals surface area contributed by atoms with Crippen LogP contribution in [0, 0.1) is 24.2 Å². The lowest BCUT2D eigenvalue weighted by atomic mass is 9.93. The molecule has 0 aliphatic carbocycles. The summed E-state index contributed by atoms with van der Waals surface area (Å²) in [5.41, 5.74) is 1.33. The van der Waals surface area contributed by atoms with E-state index in [1.165, 1.54) is 25.7 Å². The number of hydrogen-bond donors (Lipinski definition) is 0. The molecule has 1 saturated heterocycles. The first-order chi connectivity index (χ1) is 8.72. The molecule has 0 aromatic carbocycles. The van der Waals surface area contributed by atoms with Crippen LogP contribution in [0.15, 0.2) is 6.07 Å². The molecule has 2 rings (SSSR count). The molecule has 0 atom stereocenters. The summed E-state index contributed by atoms with van der Waals surface area (Å²) in [5, 5.41) is 8.94. The van der Waals surface area contributed by atoms with Crippen LogP contribution in [0.25, 0.3) is 0 Å². The minimum atomic E-state index is 0.466. The predicted molar refractivity (Wildman–Crippen MR) is 71.3 cm³/mol. The van der Waals surface area contributed by atoms with Crippen LogP contribution in [0.4, 0.5) is 5.95 Å². The summed E-state index contributed by atoms with van der Waals surface area (Å²) < 4.78 is 0. The first-order valence-corrected chi connectivity index (χ1v) is 6.73. The van der Waals surface area contributed by atoms with E-state index in [1.807, 2.05) is 6.92 Å². The SMILES string of the molecule is CCCC1CCN(c2nc(C)cc(C#N)n2)CC1. The van der Waals surface area contributed by atoms with Gasteiger partial charge in [-0.05, 0) is 31.7 Å². The van der Waals surface area contributed by atoms with Crippen molar-refractivity contribution in [2.75, 3.05) is 18.0 Å². The highest BCUT2D eigenvalue weighted by Crippen LogP contribution is 2.24. The molecular weight excluding hydrogens is 224 g/mol. The number of aryl methyl sites for hydroxylation is 1. The lowest BCUT2D eigenvalue weighted by molar-refractivity contribution is 0.376. The van der Waals surface area contributed by atoms with E-state index >= 15 is 0 Å². The maximum Gasteiger partial charge on any atom is 0.226 e. The maximum atomic E-state index is 8.94. The Kier molecular flexibility index (Phi) is 4.14. The van der Waals surface area contributed by atoms with E-state index in [1.54, 1.807) is 6.07 Å². The lowest BCUT2D eigenvalue weighted by Gasteiger charge is -2.32. The summed E-state index contributed by atoms with van der Waals surface area (Å²) in [7, 11) is 0. The fourth-order valence-corrected chi connectivity index (χ4v) is 2.58. The van der Waals surface area contributed by atoms with Gasteiger partial charge in [0.05, 0.1) is 0 Å². The van der Waals surface area contributed by atoms with Gasteiger partial charge < -0.3 is 4.90 Å². The predicted octanol–water partition coefficient (Wildman–Crippen LogP) is 2.67. The van der Waals surface area contributed by atoms with Gasteiger partial charge >= 0.3 is 0 Å². The molecule has 4 heteroatoms. The third-order valence-corrected chi connectivity index (χ3v) is 3.55. The largest absolute Gasteiger partial charge is 0.341 e. The number of hydrogen-bond acceptors (Lipinski definition) is 4. The van der Waals surface area contributed by atoms with Gasteiger partial charge in [-0.3, -0.25) is 0 Å². The molecule has 0 bridgehead atoms. The Morgan fingerprint density at radius 2 is 2.11 bits per heavy atom. The molecule has 18 heavy (non-hydrogen) atoms. The molecule has 0 saturated carbocycles. The third-order valence-electron chi connectivity index (χ3n) is 3.55. The molecule has 0 unspecified atom stereocenters. The van der Waals surface area contributed by atoms with E-state index in [0.717, 1.165) is 30.6 Å². The van der Waals surface area contributed by atoms with E-state index in [2.05, 4.69) is 27.9 Å². The van der Waals surface area contributed by atoms with Gasteiger partial charge in [-0.1, -0.05) is 19.8 Å². The van der Waals surface area contributed by atoms with E-state index in [-0.39, 0.29) is 0 Å². The van der Waals surface area contributed by atoms with Crippen LogP contribution in [0.5, 0.6) is 0 Å². The number of nitriles is 1.